The van der Waals surface area contributed by atoms with Gasteiger partial charge >= 0.3 is 0 Å². The molecule has 0 radical (unpaired) electrons. The average molecular weight is 297 g/mol. The third-order valence-electron chi connectivity index (χ3n) is 2.41. The molecule has 1 aromatic rings. The van der Waals surface area contributed by atoms with E-state index in [1.807, 2.05) is 0 Å². The lowest BCUT2D eigenvalue weighted by molar-refractivity contribution is 0.576. The van der Waals surface area contributed by atoms with E-state index in [0.29, 0.717) is 19.4 Å². The van der Waals surface area contributed by atoms with Crippen LogP contribution < -0.4 is 4.72 Å². The summed E-state index contributed by atoms with van der Waals surface area (Å²) >= 11 is 0. The highest BCUT2D eigenvalue weighted by Crippen LogP contribution is 2.14. The van der Waals surface area contributed by atoms with Crippen molar-refractivity contribution in [2.75, 3.05) is 13.1 Å². The van der Waals surface area contributed by atoms with Crippen LogP contribution in [-0.4, -0.2) is 21.5 Å². The largest absolute Gasteiger partial charge is 0.240 e. The smallest absolute Gasteiger partial charge is 0.211 e. The third kappa shape index (κ3) is 4.51. The summed E-state index contributed by atoms with van der Waals surface area (Å²) in [6.07, 6.45) is 1.06. The van der Waals surface area contributed by atoms with Gasteiger partial charge in [0.15, 0.2) is 0 Å². The first-order valence-electron chi connectivity index (χ1n) is 5.71. The monoisotopic (exact) mass is 297 g/mol. The predicted molar refractivity (Wildman–Crippen MR) is 69.6 cm³/mol. The number of benzene rings is 1. The van der Waals surface area contributed by atoms with E-state index in [4.69, 9.17) is 10.8 Å². The molecule has 1 rings (SSSR count). The van der Waals surface area contributed by atoms with Crippen LogP contribution in [-0.2, 0) is 10.0 Å². The number of halogens is 1. The second-order valence-electron chi connectivity index (χ2n) is 3.81. The molecule has 0 aliphatic carbocycles. The zero-order valence-electron chi connectivity index (χ0n) is 10.5. The van der Waals surface area contributed by atoms with E-state index in [2.05, 4.69) is 14.7 Å². The molecule has 0 amide bonds. The number of nitrogens with one attached hydrogen (secondary N) is 1. The molecule has 0 saturated carbocycles. The van der Waals surface area contributed by atoms with Gasteiger partial charge in [-0.2, -0.15) is 5.26 Å². The predicted octanol–water partition coefficient (Wildman–Crippen LogP) is 2.07. The van der Waals surface area contributed by atoms with Crippen molar-refractivity contribution in [1.29, 1.82) is 5.26 Å². The Morgan fingerprint density at radius 2 is 2.20 bits per heavy atom. The Hall–Kier alpha value is -2.14. The third-order valence-corrected chi connectivity index (χ3v) is 3.87. The summed E-state index contributed by atoms with van der Waals surface area (Å²) in [6.45, 7) is 0.468. The van der Waals surface area contributed by atoms with Gasteiger partial charge in [-0.15, -0.1) is 0 Å². The number of rotatable bonds is 7. The van der Waals surface area contributed by atoms with Gasteiger partial charge in [-0.3, -0.25) is 0 Å². The molecular weight excluding hydrogens is 285 g/mol. The van der Waals surface area contributed by atoms with Gasteiger partial charge in [-0.25, -0.2) is 17.5 Å². The number of sulfonamides is 1. The van der Waals surface area contributed by atoms with Crippen LogP contribution in [0.15, 0.2) is 28.2 Å². The van der Waals surface area contributed by atoms with Crippen LogP contribution in [0.5, 0.6) is 0 Å². The van der Waals surface area contributed by atoms with Gasteiger partial charge in [-0.1, -0.05) is 5.11 Å². The van der Waals surface area contributed by atoms with Gasteiger partial charge in [0.2, 0.25) is 10.0 Å². The lowest BCUT2D eigenvalue weighted by Gasteiger charge is -2.06. The first kappa shape index (κ1) is 15.9. The Bertz CT molecular complexity index is 662. The summed E-state index contributed by atoms with van der Waals surface area (Å²) in [5.41, 5.74) is 7.74. The van der Waals surface area contributed by atoms with E-state index in [9.17, 15) is 12.8 Å². The van der Waals surface area contributed by atoms with E-state index in [1.54, 1.807) is 6.07 Å². The van der Waals surface area contributed by atoms with E-state index < -0.39 is 15.8 Å². The SMILES string of the molecule is N#Cc1cc(S(=O)(=O)NCCCCN=[N+]=[N-])ccc1F. The number of unbranched alkanes of at least 4 members (excludes halogenated alkanes) is 1. The number of nitriles is 1. The van der Waals surface area contributed by atoms with E-state index in [1.165, 1.54) is 0 Å². The maximum absolute atomic E-state index is 13.1. The van der Waals surface area contributed by atoms with E-state index in [0.717, 1.165) is 18.2 Å². The highest BCUT2D eigenvalue weighted by Gasteiger charge is 2.15. The highest BCUT2D eigenvalue weighted by atomic mass is 32.2. The summed E-state index contributed by atoms with van der Waals surface area (Å²) < 4.78 is 39.2. The van der Waals surface area contributed by atoms with Crippen LogP contribution in [0.4, 0.5) is 4.39 Å². The van der Waals surface area contributed by atoms with Crippen molar-refractivity contribution in [1.82, 2.24) is 4.72 Å². The van der Waals surface area contributed by atoms with Crippen molar-refractivity contribution in [2.24, 2.45) is 5.11 Å². The molecule has 1 aromatic carbocycles. The maximum atomic E-state index is 13.1. The quantitative estimate of drug-likeness (QED) is 0.359. The first-order chi connectivity index (χ1) is 9.51. The molecule has 0 aromatic heterocycles. The fourth-order valence-electron chi connectivity index (χ4n) is 1.40. The molecule has 0 heterocycles. The molecule has 106 valence electrons. The fourth-order valence-corrected chi connectivity index (χ4v) is 2.50. The summed E-state index contributed by atoms with van der Waals surface area (Å²) in [5, 5.41) is 12.0. The molecule has 0 spiro atoms. The van der Waals surface area contributed by atoms with Crippen molar-refractivity contribution in [3.63, 3.8) is 0 Å². The molecule has 1 N–H and O–H groups in total. The second kappa shape index (κ2) is 7.45. The highest BCUT2D eigenvalue weighted by molar-refractivity contribution is 7.89. The Kier molecular flexibility index (Phi) is 5.93. The van der Waals surface area contributed by atoms with Gasteiger partial charge in [-0.05, 0) is 36.6 Å². The normalized spacial score (nSPS) is 10.6. The molecule has 0 aliphatic rings. The summed E-state index contributed by atoms with van der Waals surface area (Å²) in [5.74, 6) is -0.763. The summed E-state index contributed by atoms with van der Waals surface area (Å²) in [7, 11) is -3.77. The minimum atomic E-state index is -3.77. The zero-order chi connectivity index (χ0) is 15.0. The number of hydrogen-bond donors (Lipinski definition) is 1. The summed E-state index contributed by atoms with van der Waals surface area (Å²) in [4.78, 5) is 2.42. The Morgan fingerprint density at radius 1 is 1.45 bits per heavy atom. The van der Waals surface area contributed by atoms with Crippen LogP contribution in [0.2, 0.25) is 0 Å². The molecule has 0 saturated heterocycles. The molecule has 7 nitrogen and oxygen atoms in total. The van der Waals surface area contributed by atoms with E-state index in [-0.39, 0.29) is 17.0 Å². The van der Waals surface area contributed by atoms with Crippen LogP contribution in [0, 0.1) is 17.1 Å². The number of nitrogens with zero attached hydrogens (tertiary/aromatic N) is 4. The van der Waals surface area contributed by atoms with E-state index >= 15 is 0 Å². The van der Waals surface area contributed by atoms with Gasteiger partial charge in [0.25, 0.3) is 0 Å². The van der Waals surface area contributed by atoms with Crippen molar-refractivity contribution in [3.8, 4) is 6.07 Å². The lowest BCUT2D eigenvalue weighted by atomic mass is 10.2. The van der Waals surface area contributed by atoms with Gasteiger partial charge < -0.3 is 0 Å². The van der Waals surface area contributed by atoms with Crippen molar-refractivity contribution < 1.29 is 12.8 Å². The first-order valence-corrected chi connectivity index (χ1v) is 7.20. The van der Waals surface area contributed by atoms with Crippen molar-refractivity contribution >= 4 is 10.0 Å². The molecule has 0 aliphatic heterocycles. The average Bonchev–Trinajstić information content (AvgIpc) is 2.43. The Morgan fingerprint density at radius 3 is 2.85 bits per heavy atom. The Balaban J connectivity index is 2.65. The standard InChI is InChI=1S/C11H12FN5O2S/c12-11-4-3-10(7-9(11)8-13)20(18,19)16-6-2-1-5-15-17-14/h3-4,7,16H,1-2,5-6H2. The van der Waals surface area contributed by atoms with Crippen LogP contribution in [0.1, 0.15) is 18.4 Å². The number of azide groups is 1. The maximum Gasteiger partial charge on any atom is 0.240 e. The zero-order valence-corrected chi connectivity index (χ0v) is 11.3. The van der Waals surface area contributed by atoms with Gasteiger partial charge in [0.1, 0.15) is 11.9 Å². The molecule has 0 atom stereocenters. The van der Waals surface area contributed by atoms with Crippen molar-refractivity contribution in [3.05, 3.63) is 40.0 Å². The van der Waals surface area contributed by atoms with Crippen molar-refractivity contribution in [2.45, 2.75) is 17.7 Å². The Labute approximate surface area is 115 Å². The molecule has 9 heteroatoms. The second-order valence-corrected chi connectivity index (χ2v) is 5.58. The van der Waals surface area contributed by atoms with Gasteiger partial charge in [0, 0.05) is 18.0 Å². The fraction of sp³-hybridized carbons (Fsp3) is 0.364. The molecule has 0 bridgehead atoms. The molecule has 0 unspecified atom stereocenters. The van der Waals surface area contributed by atoms with Crippen LogP contribution in [0.3, 0.4) is 0 Å². The minimum Gasteiger partial charge on any atom is -0.211 e. The minimum absolute atomic E-state index is 0.162. The van der Waals surface area contributed by atoms with Crippen LogP contribution in [0.25, 0.3) is 10.4 Å². The van der Waals surface area contributed by atoms with Gasteiger partial charge in [0.05, 0.1) is 10.5 Å². The molecule has 20 heavy (non-hydrogen) atoms. The topological polar surface area (TPSA) is 119 Å². The molecular formula is C11H12FN5O2S. The molecule has 0 fully saturated rings. The summed E-state index contributed by atoms with van der Waals surface area (Å²) in [6, 6.07) is 4.60. The van der Waals surface area contributed by atoms with Crippen LogP contribution >= 0.6 is 0 Å². The number of hydrogen-bond acceptors (Lipinski definition) is 4. The lowest BCUT2D eigenvalue weighted by Crippen LogP contribution is -2.25.